The number of nitrogens with zero attached hydrogens (tertiary/aromatic N) is 4. The van der Waals surface area contributed by atoms with E-state index in [4.69, 9.17) is 4.74 Å². The van der Waals surface area contributed by atoms with Crippen LogP contribution in [0.1, 0.15) is 24.2 Å². The van der Waals surface area contributed by atoms with E-state index in [9.17, 15) is 18.4 Å². The number of halogens is 2. The third-order valence-electron chi connectivity index (χ3n) is 3.64. The summed E-state index contributed by atoms with van der Waals surface area (Å²) in [5, 5.41) is 14.0. The lowest BCUT2D eigenvalue weighted by Gasteiger charge is -2.08. The lowest BCUT2D eigenvalue weighted by Crippen LogP contribution is -2.21. The second-order valence-corrected chi connectivity index (χ2v) is 6.35. The van der Waals surface area contributed by atoms with Gasteiger partial charge in [-0.2, -0.15) is 4.80 Å². The van der Waals surface area contributed by atoms with E-state index in [0.717, 1.165) is 16.9 Å². The molecule has 0 spiro atoms. The lowest BCUT2D eigenvalue weighted by atomic mass is 10.1. The number of carbonyl (C=O) groups is 2. The van der Waals surface area contributed by atoms with Crippen LogP contribution in [0.4, 0.5) is 14.5 Å². The number of esters is 1. The topological polar surface area (TPSA) is 99.0 Å². The van der Waals surface area contributed by atoms with Crippen molar-refractivity contribution in [2.24, 2.45) is 0 Å². The van der Waals surface area contributed by atoms with E-state index in [0.29, 0.717) is 17.2 Å². The van der Waals surface area contributed by atoms with Crippen LogP contribution in [0.5, 0.6) is 0 Å². The van der Waals surface area contributed by atoms with Crippen molar-refractivity contribution in [2.45, 2.75) is 26.5 Å². The maximum Gasteiger partial charge on any atom is 0.338 e. The first-order chi connectivity index (χ1) is 13.8. The van der Waals surface area contributed by atoms with Crippen molar-refractivity contribution in [1.29, 1.82) is 0 Å². The van der Waals surface area contributed by atoms with Crippen molar-refractivity contribution in [1.82, 2.24) is 20.2 Å². The minimum Gasteiger partial charge on any atom is -0.459 e. The Morgan fingerprint density at radius 2 is 1.97 bits per heavy atom. The monoisotopic (exact) mass is 401 g/mol. The Morgan fingerprint density at radius 3 is 2.69 bits per heavy atom. The van der Waals surface area contributed by atoms with Gasteiger partial charge < -0.3 is 10.1 Å². The van der Waals surface area contributed by atoms with Gasteiger partial charge in [0, 0.05) is 11.6 Å². The van der Waals surface area contributed by atoms with Crippen molar-refractivity contribution in [2.75, 3.05) is 5.32 Å². The van der Waals surface area contributed by atoms with Gasteiger partial charge in [0.25, 0.3) is 0 Å². The van der Waals surface area contributed by atoms with Gasteiger partial charge in [0.05, 0.1) is 17.4 Å². The van der Waals surface area contributed by atoms with Crippen LogP contribution in [0, 0.1) is 11.6 Å². The molecular weight excluding hydrogens is 384 g/mol. The van der Waals surface area contributed by atoms with Crippen LogP contribution in [0.15, 0.2) is 42.5 Å². The Morgan fingerprint density at radius 1 is 1.17 bits per heavy atom. The van der Waals surface area contributed by atoms with E-state index in [2.05, 4.69) is 20.7 Å². The first kappa shape index (κ1) is 20.1. The number of hydrogen-bond acceptors (Lipinski definition) is 6. The summed E-state index contributed by atoms with van der Waals surface area (Å²) in [6.07, 6.45) is -0.255. The minimum absolute atomic E-state index is 0.159. The molecule has 0 fully saturated rings. The molecule has 0 aliphatic carbocycles. The number of aromatic nitrogens is 4. The van der Waals surface area contributed by atoms with Crippen LogP contribution in [0.25, 0.3) is 11.4 Å². The Bertz CT molecular complexity index is 1050. The summed E-state index contributed by atoms with van der Waals surface area (Å²) in [5.74, 6) is -2.54. The second-order valence-electron chi connectivity index (χ2n) is 6.35. The maximum absolute atomic E-state index is 13.6. The van der Waals surface area contributed by atoms with Crippen LogP contribution < -0.4 is 5.32 Å². The molecule has 0 radical (unpaired) electrons. The standard InChI is InChI=1S/C19H17F2N5O3/c1-11(2)29-19(28)13-5-3-4-12(8-13)18-23-25-26(24-18)10-17(27)22-16-7-6-14(20)9-15(16)21/h3-9,11H,10H2,1-2H3,(H,22,27). The van der Waals surface area contributed by atoms with Gasteiger partial charge in [-0.05, 0) is 43.3 Å². The number of anilines is 1. The van der Waals surface area contributed by atoms with Crippen molar-refractivity contribution in [3.8, 4) is 11.4 Å². The third kappa shape index (κ3) is 5.18. The Labute approximate surface area is 164 Å². The molecule has 0 aliphatic heterocycles. The van der Waals surface area contributed by atoms with E-state index < -0.39 is 23.5 Å². The predicted molar refractivity (Wildman–Crippen MR) is 98.8 cm³/mol. The lowest BCUT2D eigenvalue weighted by molar-refractivity contribution is -0.117. The van der Waals surface area contributed by atoms with Gasteiger partial charge in [0.1, 0.15) is 18.2 Å². The van der Waals surface area contributed by atoms with Crippen molar-refractivity contribution in [3.05, 3.63) is 59.7 Å². The smallest absolute Gasteiger partial charge is 0.338 e. The predicted octanol–water partition coefficient (Wildman–Crippen LogP) is 2.82. The highest BCUT2D eigenvalue weighted by Gasteiger charge is 2.14. The van der Waals surface area contributed by atoms with E-state index in [1.54, 1.807) is 38.1 Å². The van der Waals surface area contributed by atoms with Gasteiger partial charge in [0.2, 0.25) is 11.7 Å². The van der Waals surface area contributed by atoms with E-state index in [1.165, 1.54) is 0 Å². The summed E-state index contributed by atoms with van der Waals surface area (Å²) in [4.78, 5) is 25.1. The van der Waals surface area contributed by atoms with Crippen LogP contribution in [-0.2, 0) is 16.1 Å². The molecule has 0 atom stereocenters. The van der Waals surface area contributed by atoms with E-state index in [-0.39, 0.29) is 24.2 Å². The van der Waals surface area contributed by atoms with E-state index >= 15 is 0 Å². The summed E-state index contributed by atoms with van der Waals surface area (Å²) in [6.45, 7) is 3.16. The quantitative estimate of drug-likeness (QED) is 0.638. The number of rotatable bonds is 6. The zero-order chi connectivity index (χ0) is 21.0. The van der Waals surface area contributed by atoms with Gasteiger partial charge in [-0.1, -0.05) is 12.1 Å². The molecule has 0 unspecified atom stereocenters. The number of nitrogens with one attached hydrogen (secondary N) is 1. The van der Waals surface area contributed by atoms with Crippen LogP contribution in [-0.4, -0.2) is 38.2 Å². The number of carbonyl (C=O) groups excluding carboxylic acids is 2. The molecule has 1 aromatic heterocycles. The first-order valence-electron chi connectivity index (χ1n) is 8.66. The number of tetrazole rings is 1. The number of ether oxygens (including phenoxy) is 1. The molecule has 2 aromatic carbocycles. The highest BCUT2D eigenvalue weighted by molar-refractivity contribution is 5.91. The Balaban J connectivity index is 1.69. The molecule has 3 aromatic rings. The summed E-state index contributed by atoms with van der Waals surface area (Å²) < 4.78 is 31.7. The van der Waals surface area contributed by atoms with Crippen molar-refractivity contribution in [3.63, 3.8) is 0 Å². The number of hydrogen-bond donors (Lipinski definition) is 1. The van der Waals surface area contributed by atoms with Crippen LogP contribution in [0.3, 0.4) is 0 Å². The first-order valence-corrected chi connectivity index (χ1v) is 8.66. The van der Waals surface area contributed by atoms with Gasteiger partial charge in [0.15, 0.2) is 0 Å². The molecule has 1 amide bonds. The maximum atomic E-state index is 13.6. The molecule has 1 N–H and O–H groups in total. The highest BCUT2D eigenvalue weighted by atomic mass is 19.1. The zero-order valence-electron chi connectivity index (χ0n) is 15.6. The van der Waals surface area contributed by atoms with Crippen LogP contribution >= 0.6 is 0 Å². The normalized spacial score (nSPS) is 10.8. The average Bonchev–Trinajstić information content (AvgIpc) is 3.12. The molecule has 0 saturated carbocycles. The fourth-order valence-electron chi connectivity index (χ4n) is 2.40. The van der Waals surface area contributed by atoms with Gasteiger partial charge in [-0.3, -0.25) is 4.79 Å². The minimum atomic E-state index is -0.893. The summed E-state index contributed by atoms with van der Waals surface area (Å²) >= 11 is 0. The Kier molecular flexibility index (Phi) is 5.91. The summed E-state index contributed by atoms with van der Waals surface area (Å²) in [7, 11) is 0. The highest BCUT2D eigenvalue weighted by Crippen LogP contribution is 2.17. The molecule has 10 heteroatoms. The number of benzene rings is 2. The average molecular weight is 401 g/mol. The number of amides is 1. The molecule has 29 heavy (non-hydrogen) atoms. The molecule has 8 nitrogen and oxygen atoms in total. The fourth-order valence-corrected chi connectivity index (χ4v) is 2.40. The zero-order valence-corrected chi connectivity index (χ0v) is 15.6. The summed E-state index contributed by atoms with van der Waals surface area (Å²) in [6, 6.07) is 9.30. The van der Waals surface area contributed by atoms with Crippen molar-refractivity contribution < 1.29 is 23.1 Å². The second kappa shape index (κ2) is 8.55. The molecular formula is C19H17F2N5O3. The van der Waals surface area contributed by atoms with Gasteiger partial charge in [-0.15, -0.1) is 10.2 Å². The van der Waals surface area contributed by atoms with Gasteiger partial charge in [-0.25, -0.2) is 13.6 Å². The third-order valence-corrected chi connectivity index (χ3v) is 3.64. The summed E-state index contributed by atoms with van der Waals surface area (Å²) in [5.41, 5.74) is 0.685. The molecule has 0 saturated heterocycles. The molecule has 150 valence electrons. The van der Waals surface area contributed by atoms with Gasteiger partial charge >= 0.3 is 5.97 Å². The molecule has 3 rings (SSSR count). The molecule has 0 bridgehead atoms. The van der Waals surface area contributed by atoms with E-state index in [1.807, 2.05) is 0 Å². The largest absolute Gasteiger partial charge is 0.459 e. The Hall–Kier alpha value is -3.69. The molecule has 0 aliphatic rings. The van der Waals surface area contributed by atoms with Crippen LogP contribution in [0.2, 0.25) is 0 Å². The fraction of sp³-hybridized carbons (Fsp3) is 0.211. The molecule has 1 heterocycles. The SMILES string of the molecule is CC(C)OC(=O)c1cccc(-c2nnn(CC(=O)Nc3ccc(F)cc3F)n2)c1. The van der Waals surface area contributed by atoms with Crippen molar-refractivity contribution >= 4 is 17.6 Å².